The summed E-state index contributed by atoms with van der Waals surface area (Å²) in [6.45, 7) is 0. The van der Waals surface area contributed by atoms with Crippen LogP contribution in [0.1, 0.15) is 11.1 Å². The van der Waals surface area contributed by atoms with Gasteiger partial charge >= 0.3 is 12.1 Å². The van der Waals surface area contributed by atoms with Crippen LogP contribution in [-0.4, -0.2) is 13.1 Å². The molecule has 0 heterocycles. The molecule has 0 bridgehead atoms. The Labute approximate surface area is 99.1 Å². The third kappa shape index (κ3) is 3.33. The second kappa shape index (κ2) is 4.91. The standard InChI is InChI=1S/C10H7ClF4O2/c1-17-9(16)4-6-7(10(13,14)15)2-5(12)3-8(6)11/h2-3H,4H2,1H3. The Morgan fingerprint density at radius 1 is 1.41 bits per heavy atom. The van der Waals surface area contributed by atoms with Crippen LogP contribution in [0.3, 0.4) is 0 Å². The quantitative estimate of drug-likeness (QED) is 0.609. The van der Waals surface area contributed by atoms with E-state index in [2.05, 4.69) is 4.74 Å². The van der Waals surface area contributed by atoms with Crippen LogP contribution in [0.4, 0.5) is 17.6 Å². The summed E-state index contributed by atoms with van der Waals surface area (Å²) in [5, 5.41) is -0.456. The van der Waals surface area contributed by atoms with Crippen LogP contribution < -0.4 is 0 Å². The van der Waals surface area contributed by atoms with Crippen molar-refractivity contribution in [3.05, 3.63) is 34.1 Å². The fraction of sp³-hybridized carbons (Fsp3) is 0.300. The van der Waals surface area contributed by atoms with E-state index in [4.69, 9.17) is 11.6 Å². The molecule has 0 N–H and O–H groups in total. The van der Waals surface area contributed by atoms with Crippen molar-refractivity contribution in [2.75, 3.05) is 7.11 Å². The lowest BCUT2D eigenvalue weighted by atomic mass is 10.0. The number of hydrogen-bond donors (Lipinski definition) is 0. The Morgan fingerprint density at radius 3 is 2.47 bits per heavy atom. The summed E-state index contributed by atoms with van der Waals surface area (Å²) >= 11 is 5.49. The van der Waals surface area contributed by atoms with Gasteiger partial charge < -0.3 is 4.74 Å². The first-order valence-corrected chi connectivity index (χ1v) is 4.75. The lowest BCUT2D eigenvalue weighted by molar-refractivity contribution is -0.141. The lowest BCUT2D eigenvalue weighted by Crippen LogP contribution is -2.14. The molecule has 0 aliphatic heterocycles. The van der Waals surface area contributed by atoms with Crippen LogP contribution in [0.2, 0.25) is 5.02 Å². The molecular formula is C10H7ClF4O2. The molecule has 1 aromatic rings. The van der Waals surface area contributed by atoms with Crippen molar-refractivity contribution in [1.29, 1.82) is 0 Å². The van der Waals surface area contributed by atoms with E-state index in [0.29, 0.717) is 6.07 Å². The van der Waals surface area contributed by atoms with Crippen molar-refractivity contribution in [2.45, 2.75) is 12.6 Å². The summed E-state index contributed by atoms with van der Waals surface area (Å²) in [6.07, 6.45) is -5.44. The van der Waals surface area contributed by atoms with Crippen LogP contribution in [0.5, 0.6) is 0 Å². The van der Waals surface area contributed by atoms with Gasteiger partial charge in [-0.1, -0.05) is 11.6 Å². The number of hydrogen-bond acceptors (Lipinski definition) is 2. The van der Waals surface area contributed by atoms with Crippen LogP contribution >= 0.6 is 11.6 Å². The Bertz CT molecular complexity index is 443. The van der Waals surface area contributed by atoms with Crippen molar-refractivity contribution >= 4 is 17.6 Å². The van der Waals surface area contributed by atoms with Gasteiger partial charge in [0.25, 0.3) is 0 Å². The largest absolute Gasteiger partial charge is 0.469 e. The zero-order chi connectivity index (χ0) is 13.2. The van der Waals surface area contributed by atoms with Crippen LogP contribution in [0.15, 0.2) is 12.1 Å². The number of benzene rings is 1. The number of halogens is 5. The molecule has 0 saturated heterocycles. The number of ether oxygens (including phenoxy) is 1. The predicted molar refractivity (Wildman–Crippen MR) is 52.1 cm³/mol. The normalized spacial score (nSPS) is 11.4. The second-order valence-corrected chi connectivity index (χ2v) is 3.57. The Hall–Kier alpha value is -1.30. The van der Waals surface area contributed by atoms with Crippen LogP contribution in [-0.2, 0) is 22.1 Å². The molecular weight excluding hydrogens is 264 g/mol. The first-order chi connectivity index (χ1) is 7.75. The first-order valence-electron chi connectivity index (χ1n) is 4.37. The molecule has 0 aliphatic rings. The molecule has 0 radical (unpaired) electrons. The molecule has 0 aliphatic carbocycles. The van der Waals surface area contributed by atoms with Gasteiger partial charge in [0.1, 0.15) is 5.82 Å². The number of methoxy groups -OCH3 is 1. The summed E-state index contributed by atoms with van der Waals surface area (Å²) in [5.41, 5.74) is -1.76. The molecule has 1 rings (SSSR count). The van der Waals surface area contributed by atoms with E-state index in [-0.39, 0.29) is 0 Å². The number of esters is 1. The van der Waals surface area contributed by atoms with Gasteiger partial charge in [-0.15, -0.1) is 0 Å². The molecule has 94 valence electrons. The maximum absolute atomic E-state index is 12.9. The van der Waals surface area contributed by atoms with Crippen molar-refractivity contribution < 1.29 is 27.1 Å². The number of alkyl halides is 3. The van der Waals surface area contributed by atoms with Gasteiger partial charge in [0.15, 0.2) is 0 Å². The van der Waals surface area contributed by atoms with Crippen molar-refractivity contribution in [3.8, 4) is 0 Å². The van der Waals surface area contributed by atoms with Crippen molar-refractivity contribution in [3.63, 3.8) is 0 Å². The van der Waals surface area contributed by atoms with Gasteiger partial charge in [0.05, 0.1) is 19.1 Å². The van der Waals surface area contributed by atoms with E-state index in [1.165, 1.54) is 0 Å². The third-order valence-corrected chi connectivity index (χ3v) is 2.35. The van der Waals surface area contributed by atoms with E-state index >= 15 is 0 Å². The summed E-state index contributed by atoms with van der Waals surface area (Å²) < 4.78 is 54.9. The maximum atomic E-state index is 12.9. The predicted octanol–water partition coefficient (Wildman–Crippen LogP) is 3.21. The minimum atomic E-state index is -4.78. The van der Waals surface area contributed by atoms with Gasteiger partial charge in [-0.05, 0) is 17.7 Å². The number of rotatable bonds is 2. The highest BCUT2D eigenvalue weighted by molar-refractivity contribution is 6.31. The molecule has 0 unspecified atom stereocenters. The SMILES string of the molecule is COC(=O)Cc1c(Cl)cc(F)cc1C(F)(F)F. The molecule has 0 saturated carbocycles. The van der Waals surface area contributed by atoms with Gasteiger partial charge in [0.2, 0.25) is 0 Å². The summed E-state index contributed by atoms with van der Waals surface area (Å²) in [5.74, 6) is -2.00. The molecule has 0 atom stereocenters. The Balaban J connectivity index is 3.31. The molecule has 7 heteroatoms. The van der Waals surface area contributed by atoms with Crippen LogP contribution in [0, 0.1) is 5.82 Å². The van der Waals surface area contributed by atoms with Crippen molar-refractivity contribution in [1.82, 2.24) is 0 Å². The fourth-order valence-electron chi connectivity index (χ4n) is 1.25. The van der Waals surface area contributed by atoms with E-state index in [1.54, 1.807) is 0 Å². The highest BCUT2D eigenvalue weighted by Crippen LogP contribution is 2.36. The zero-order valence-corrected chi connectivity index (χ0v) is 9.32. The minimum absolute atomic E-state index is 0.296. The van der Waals surface area contributed by atoms with E-state index in [9.17, 15) is 22.4 Å². The number of carbonyl (C=O) groups excluding carboxylic acids is 1. The molecule has 1 aromatic carbocycles. The van der Waals surface area contributed by atoms with Gasteiger partial charge in [0, 0.05) is 5.02 Å². The molecule has 0 aromatic heterocycles. The molecule has 0 spiro atoms. The monoisotopic (exact) mass is 270 g/mol. The fourth-order valence-corrected chi connectivity index (χ4v) is 1.53. The average Bonchev–Trinajstić information content (AvgIpc) is 2.19. The number of carbonyl (C=O) groups is 1. The highest BCUT2D eigenvalue weighted by Gasteiger charge is 2.35. The topological polar surface area (TPSA) is 26.3 Å². The zero-order valence-electron chi connectivity index (χ0n) is 8.57. The lowest BCUT2D eigenvalue weighted by Gasteiger charge is -2.13. The Kier molecular flexibility index (Phi) is 3.98. The Morgan fingerprint density at radius 2 is 2.00 bits per heavy atom. The smallest absolute Gasteiger partial charge is 0.416 e. The minimum Gasteiger partial charge on any atom is -0.469 e. The molecule has 2 nitrogen and oxygen atoms in total. The van der Waals surface area contributed by atoms with Gasteiger partial charge in [-0.2, -0.15) is 13.2 Å². The highest BCUT2D eigenvalue weighted by atomic mass is 35.5. The first kappa shape index (κ1) is 13.8. The summed E-state index contributed by atoms with van der Waals surface area (Å²) in [4.78, 5) is 11.0. The maximum Gasteiger partial charge on any atom is 0.416 e. The van der Waals surface area contributed by atoms with E-state index < -0.39 is 40.5 Å². The van der Waals surface area contributed by atoms with E-state index in [0.717, 1.165) is 13.2 Å². The molecule has 0 fully saturated rings. The summed E-state index contributed by atoms with van der Waals surface area (Å²) in [6, 6.07) is 1.01. The third-order valence-electron chi connectivity index (χ3n) is 2.01. The van der Waals surface area contributed by atoms with Crippen LogP contribution in [0.25, 0.3) is 0 Å². The second-order valence-electron chi connectivity index (χ2n) is 3.16. The molecule has 0 amide bonds. The average molecular weight is 271 g/mol. The van der Waals surface area contributed by atoms with Crippen molar-refractivity contribution in [2.24, 2.45) is 0 Å². The summed E-state index contributed by atoms with van der Waals surface area (Å²) in [7, 11) is 1.03. The van der Waals surface area contributed by atoms with Gasteiger partial charge in [-0.25, -0.2) is 4.39 Å². The van der Waals surface area contributed by atoms with Gasteiger partial charge in [-0.3, -0.25) is 4.79 Å². The van der Waals surface area contributed by atoms with E-state index in [1.807, 2.05) is 0 Å². The molecule has 17 heavy (non-hydrogen) atoms.